The summed E-state index contributed by atoms with van der Waals surface area (Å²) in [4.78, 5) is 13.6. The molecule has 1 unspecified atom stereocenters. The Hall–Kier alpha value is -2.14. The Bertz CT molecular complexity index is 677. The summed E-state index contributed by atoms with van der Waals surface area (Å²) in [5.41, 5.74) is 7.08. The van der Waals surface area contributed by atoms with Gasteiger partial charge in [0.15, 0.2) is 11.0 Å². The molecular formula is C16H17ClN4O. The van der Waals surface area contributed by atoms with E-state index in [-0.39, 0.29) is 5.15 Å². The summed E-state index contributed by atoms with van der Waals surface area (Å²) in [6.45, 7) is 1.68. The minimum Gasteiger partial charge on any atom is -0.365 e. The lowest BCUT2D eigenvalue weighted by Crippen LogP contribution is -2.26. The summed E-state index contributed by atoms with van der Waals surface area (Å²) in [6, 6.07) is 11.9. The number of amides is 1. The Morgan fingerprint density at radius 3 is 2.82 bits per heavy atom. The molecule has 1 aliphatic heterocycles. The Balaban J connectivity index is 1.74. The van der Waals surface area contributed by atoms with Crippen LogP contribution in [0.1, 0.15) is 22.3 Å². The molecule has 2 aromatic rings. The number of halogens is 1. The average Bonchev–Trinajstić information content (AvgIpc) is 2.96. The van der Waals surface area contributed by atoms with Crippen molar-refractivity contribution in [3.63, 3.8) is 0 Å². The van der Waals surface area contributed by atoms with E-state index in [4.69, 9.17) is 17.3 Å². The standard InChI is InChI=1S/C16H17ClN4O/c17-14-9-13(15(18)22)16(20-19-14)21-7-6-12(10-21)8-11-4-2-1-3-5-11/h1-5,9,12H,6-8,10H2,(H2,18,22). The molecule has 1 aromatic heterocycles. The van der Waals surface area contributed by atoms with E-state index in [1.165, 1.54) is 11.6 Å². The average molecular weight is 317 g/mol. The molecule has 1 atom stereocenters. The van der Waals surface area contributed by atoms with E-state index in [1.54, 1.807) is 0 Å². The summed E-state index contributed by atoms with van der Waals surface area (Å²) in [5.74, 6) is 0.534. The van der Waals surface area contributed by atoms with Crippen molar-refractivity contribution in [2.24, 2.45) is 11.7 Å². The number of nitrogens with zero attached hydrogens (tertiary/aromatic N) is 3. The predicted octanol–water partition coefficient (Wildman–Crippen LogP) is 2.30. The summed E-state index contributed by atoms with van der Waals surface area (Å²) >= 11 is 5.80. The zero-order valence-corrected chi connectivity index (χ0v) is 12.8. The number of primary amides is 1. The third-order valence-corrected chi connectivity index (χ3v) is 4.15. The van der Waals surface area contributed by atoms with Gasteiger partial charge in [-0.3, -0.25) is 4.79 Å². The van der Waals surface area contributed by atoms with Gasteiger partial charge in [-0.1, -0.05) is 41.9 Å². The van der Waals surface area contributed by atoms with Gasteiger partial charge in [-0.15, -0.1) is 10.2 Å². The lowest BCUT2D eigenvalue weighted by atomic mass is 9.99. The molecule has 22 heavy (non-hydrogen) atoms. The first kappa shape index (κ1) is 14.8. The third-order valence-electron chi connectivity index (χ3n) is 3.96. The normalized spacial score (nSPS) is 17.7. The summed E-state index contributed by atoms with van der Waals surface area (Å²) in [6.07, 6.45) is 2.07. The topological polar surface area (TPSA) is 72.1 Å². The molecule has 0 bridgehead atoms. The van der Waals surface area contributed by atoms with Gasteiger partial charge in [-0.25, -0.2) is 0 Å². The van der Waals surface area contributed by atoms with Gasteiger partial charge in [-0.05, 0) is 30.4 Å². The molecule has 6 heteroatoms. The van der Waals surface area contributed by atoms with Crippen LogP contribution in [-0.2, 0) is 6.42 Å². The predicted molar refractivity (Wildman–Crippen MR) is 86.0 cm³/mol. The maximum Gasteiger partial charge on any atom is 0.252 e. The van der Waals surface area contributed by atoms with Crippen molar-refractivity contribution in [3.05, 3.63) is 52.7 Å². The van der Waals surface area contributed by atoms with Crippen molar-refractivity contribution in [1.82, 2.24) is 10.2 Å². The van der Waals surface area contributed by atoms with E-state index in [9.17, 15) is 4.79 Å². The van der Waals surface area contributed by atoms with Crippen LogP contribution in [0.5, 0.6) is 0 Å². The highest BCUT2D eigenvalue weighted by Crippen LogP contribution is 2.27. The summed E-state index contributed by atoms with van der Waals surface area (Å²) < 4.78 is 0. The van der Waals surface area contributed by atoms with Crippen LogP contribution in [-0.4, -0.2) is 29.2 Å². The second-order valence-corrected chi connectivity index (χ2v) is 5.95. The number of hydrogen-bond acceptors (Lipinski definition) is 4. The molecule has 114 valence electrons. The van der Waals surface area contributed by atoms with Crippen LogP contribution in [0.25, 0.3) is 0 Å². The van der Waals surface area contributed by atoms with Gasteiger partial charge in [0.05, 0.1) is 5.56 Å². The van der Waals surface area contributed by atoms with Gasteiger partial charge in [0.2, 0.25) is 0 Å². The quantitative estimate of drug-likeness (QED) is 0.939. The van der Waals surface area contributed by atoms with Crippen LogP contribution in [0.3, 0.4) is 0 Å². The van der Waals surface area contributed by atoms with Crippen molar-refractivity contribution in [1.29, 1.82) is 0 Å². The van der Waals surface area contributed by atoms with Crippen molar-refractivity contribution in [2.45, 2.75) is 12.8 Å². The minimum atomic E-state index is -0.529. The van der Waals surface area contributed by atoms with E-state index >= 15 is 0 Å². The first-order valence-electron chi connectivity index (χ1n) is 7.25. The molecule has 3 rings (SSSR count). The molecule has 1 fully saturated rings. The molecule has 0 spiro atoms. The van der Waals surface area contributed by atoms with E-state index in [2.05, 4.69) is 39.4 Å². The Labute approximate surface area is 134 Å². The summed E-state index contributed by atoms with van der Waals surface area (Å²) in [7, 11) is 0. The smallest absolute Gasteiger partial charge is 0.252 e. The number of benzene rings is 1. The highest BCUT2D eigenvalue weighted by molar-refractivity contribution is 6.29. The van der Waals surface area contributed by atoms with Gasteiger partial charge in [0, 0.05) is 13.1 Å². The highest BCUT2D eigenvalue weighted by atomic mass is 35.5. The zero-order chi connectivity index (χ0) is 15.5. The number of nitrogens with two attached hydrogens (primary N) is 1. The molecule has 0 aliphatic carbocycles. The first-order chi connectivity index (χ1) is 10.6. The van der Waals surface area contributed by atoms with E-state index in [0.29, 0.717) is 17.3 Å². The number of rotatable bonds is 4. The second-order valence-electron chi connectivity index (χ2n) is 5.56. The molecule has 5 nitrogen and oxygen atoms in total. The Morgan fingerprint density at radius 1 is 1.32 bits per heavy atom. The summed E-state index contributed by atoms with van der Waals surface area (Å²) in [5, 5.41) is 8.09. The molecular weight excluding hydrogens is 300 g/mol. The second kappa shape index (κ2) is 6.32. The Morgan fingerprint density at radius 2 is 2.09 bits per heavy atom. The SMILES string of the molecule is NC(=O)c1cc(Cl)nnc1N1CCC(Cc2ccccc2)C1. The molecule has 2 heterocycles. The number of hydrogen-bond donors (Lipinski definition) is 1. The van der Waals surface area contributed by atoms with E-state index in [1.807, 2.05) is 6.07 Å². The van der Waals surface area contributed by atoms with Crippen molar-refractivity contribution < 1.29 is 4.79 Å². The number of aromatic nitrogens is 2. The van der Waals surface area contributed by atoms with Gasteiger partial charge in [0.25, 0.3) is 5.91 Å². The zero-order valence-electron chi connectivity index (χ0n) is 12.1. The fourth-order valence-corrected chi connectivity index (χ4v) is 3.06. The monoisotopic (exact) mass is 316 g/mol. The number of carbonyl (C=O) groups is 1. The molecule has 1 aromatic carbocycles. The van der Waals surface area contributed by atoms with Crippen LogP contribution >= 0.6 is 11.6 Å². The molecule has 0 radical (unpaired) electrons. The minimum absolute atomic E-state index is 0.178. The molecule has 1 saturated heterocycles. The highest BCUT2D eigenvalue weighted by Gasteiger charge is 2.27. The van der Waals surface area contributed by atoms with Gasteiger partial charge in [0.1, 0.15) is 0 Å². The van der Waals surface area contributed by atoms with Crippen LogP contribution in [0.4, 0.5) is 5.82 Å². The third kappa shape index (κ3) is 3.20. The van der Waals surface area contributed by atoms with Gasteiger partial charge < -0.3 is 10.6 Å². The van der Waals surface area contributed by atoms with Gasteiger partial charge in [-0.2, -0.15) is 0 Å². The van der Waals surface area contributed by atoms with Crippen LogP contribution in [0, 0.1) is 5.92 Å². The number of anilines is 1. The van der Waals surface area contributed by atoms with Crippen LogP contribution in [0.15, 0.2) is 36.4 Å². The maximum atomic E-state index is 11.6. The van der Waals surface area contributed by atoms with Crippen LogP contribution in [0.2, 0.25) is 5.15 Å². The Kier molecular flexibility index (Phi) is 4.24. The van der Waals surface area contributed by atoms with E-state index < -0.39 is 5.91 Å². The van der Waals surface area contributed by atoms with Gasteiger partial charge >= 0.3 is 0 Å². The molecule has 2 N–H and O–H groups in total. The lowest BCUT2D eigenvalue weighted by Gasteiger charge is -2.19. The van der Waals surface area contributed by atoms with E-state index in [0.717, 1.165) is 25.9 Å². The largest absolute Gasteiger partial charge is 0.365 e. The van der Waals surface area contributed by atoms with Crippen molar-refractivity contribution in [3.8, 4) is 0 Å². The molecule has 1 amide bonds. The maximum absolute atomic E-state index is 11.6. The lowest BCUT2D eigenvalue weighted by molar-refractivity contribution is 0.100. The number of carbonyl (C=O) groups excluding carboxylic acids is 1. The molecule has 0 saturated carbocycles. The molecule has 1 aliphatic rings. The first-order valence-corrected chi connectivity index (χ1v) is 7.63. The van der Waals surface area contributed by atoms with Crippen molar-refractivity contribution in [2.75, 3.05) is 18.0 Å². The fraction of sp³-hybridized carbons (Fsp3) is 0.312. The fourth-order valence-electron chi connectivity index (χ4n) is 2.92. The van der Waals surface area contributed by atoms with Crippen LogP contribution < -0.4 is 10.6 Å². The van der Waals surface area contributed by atoms with Crippen molar-refractivity contribution >= 4 is 23.3 Å².